The maximum absolute atomic E-state index is 12.3. The van der Waals surface area contributed by atoms with Gasteiger partial charge >= 0.3 is 0 Å². The summed E-state index contributed by atoms with van der Waals surface area (Å²) >= 11 is 2.77. The van der Waals surface area contributed by atoms with Crippen LogP contribution >= 0.6 is 22.7 Å². The van der Waals surface area contributed by atoms with Crippen LogP contribution in [0, 0.1) is 6.92 Å². The number of aryl methyl sites for hydroxylation is 2. The van der Waals surface area contributed by atoms with Crippen molar-refractivity contribution in [3.8, 4) is 22.8 Å². The lowest BCUT2D eigenvalue weighted by molar-refractivity contribution is -0.115. The number of carbonyl (C=O) groups is 2. The molecule has 2 heterocycles. The Bertz CT molecular complexity index is 1060. The number of amides is 2. The van der Waals surface area contributed by atoms with Gasteiger partial charge in [0.15, 0.2) is 16.6 Å². The van der Waals surface area contributed by atoms with Gasteiger partial charge in [0, 0.05) is 15.8 Å². The summed E-state index contributed by atoms with van der Waals surface area (Å²) in [5.74, 6) is 0.655. The van der Waals surface area contributed by atoms with Crippen molar-refractivity contribution in [2.45, 2.75) is 20.3 Å². The molecular formula is C21H23N3O4S2. The second-order valence-electron chi connectivity index (χ2n) is 6.41. The molecule has 158 valence electrons. The molecule has 2 amide bonds. The first-order valence-corrected chi connectivity index (χ1v) is 11.0. The predicted octanol–water partition coefficient (Wildman–Crippen LogP) is 4.13. The van der Waals surface area contributed by atoms with Crippen molar-refractivity contribution in [1.29, 1.82) is 0 Å². The predicted molar refractivity (Wildman–Crippen MR) is 120 cm³/mol. The number of rotatable bonds is 8. The van der Waals surface area contributed by atoms with Gasteiger partial charge in [-0.05, 0) is 43.2 Å². The van der Waals surface area contributed by atoms with Crippen LogP contribution in [0.1, 0.15) is 27.0 Å². The molecule has 0 bridgehead atoms. The van der Waals surface area contributed by atoms with E-state index in [-0.39, 0.29) is 18.4 Å². The average Bonchev–Trinajstić information content (AvgIpc) is 3.37. The Balaban J connectivity index is 1.59. The van der Waals surface area contributed by atoms with Gasteiger partial charge in [0.05, 0.1) is 31.3 Å². The van der Waals surface area contributed by atoms with E-state index in [1.54, 1.807) is 20.3 Å². The van der Waals surface area contributed by atoms with Crippen molar-refractivity contribution < 1.29 is 19.1 Å². The number of benzene rings is 1. The number of hydrogen-bond donors (Lipinski definition) is 2. The highest BCUT2D eigenvalue weighted by atomic mass is 32.1. The zero-order valence-corrected chi connectivity index (χ0v) is 18.8. The number of nitrogens with one attached hydrogen (secondary N) is 2. The fourth-order valence-electron chi connectivity index (χ4n) is 2.85. The molecule has 3 rings (SSSR count). The van der Waals surface area contributed by atoms with Crippen molar-refractivity contribution >= 4 is 39.6 Å². The largest absolute Gasteiger partial charge is 0.493 e. The fourth-order valence-corrected chi connectivity index (χ4v) is 4.62. The summed E-state index contributed by atoms with van der Waals surface area (Å²) in [5.41, 5.74) is 2.65. The lowest BCUT2D eigenvalue weighted by atomic mass is 10.1. The molecule has 0 aliphatic heterocycles. The van der Waals surface area contributed by atoms with E-state index in [2.05, 4.69) is 22.5 Å². The molecule has 2 aromatic heterocycles. The molecule has 0 radical (unpaired) electrons. The smallest absolute Gasteiger partial charge is 0.261 e. The standard InChI is InChI=1S/C21H23N3O4S2/c1-5-17-12(2)8-18(30-17)20(26)22-10-19(25)24-21-23-14(11-29-21)13-6-7-15(27-3)16(9-13)28-4/h6-9,11H,5,10H2,1-4H3,(H,22,26)(H,23,24,25). The molecule has 0 saturated heterocycles. The minimum absolute atomic E-state index is 0.123. The fraction of sp³-hybridized carbons (Fsp3) is 0.286. The van der Waals surface area contributed by atoms with Crippen LogP contribution in [-0.4, -0.2) is 37.6 Å². The second kappa shape index (κ2) is 9.73. The molecule has 1 aromatic carbocycles. The summed E-state index contributed by atoms with van der Waals surface area (Å²) in [6.07, 6.45) is 0.886. The van der Waals surface area contributed by atoms with Gasteiger partial charge in [0.25, 0.3) is 5.91 Å². The van der Waals surface area contributed by atoms with Crippen molar-refractivity contribution in [2.75, 3.05) is 26.1 Å². The van der Waals surface area contributed by atoms with Gasteiger partial charge in [0.1, 0.15) is 0 Å². The number of aromatic nitrogens is 1. The van der Waals surface area contributed by atoms with Crippen LogP contribution in [-0.2, 0) is 11.2 Å². The molecule has 30 heavy (non-hydrogen) atoms. The van der Waals surface area contributed by atoms with E-state index in [0.717, 1.165) is 17.5 Å². The highest BCUT2D eigenvalue weighted by Crippen LogP contribution is 2.33. The third-order valence-corrected chi connectivity index (χ3v) is 6.54. The summed E-state index contributed by atoms with van der Waals surface area (Å²) in [4.78, 5) is 30.7. The summed E-state index contributed by atoms with van der Waals surface area (Å²) in [5, 5.41) is 7.68. The first-order chi connectivity index (χ1) is 14.4. The molecule has 0 fully saturated rings. The third-order valence-electron chi connectivity index (χ3n) is 4.40. The van der Waals surface area contributed by atoms with Crippen molar-refractivity contribution in [3.63, 3.8) is 0 Å². The maximum Gasteiger partial charge on any atom is 0.261 e. The topological polar surface area (TPSA) is 89.6 Å². The van der Waals surface area contributed by atoms with E-state index < -0.39 is 0 Å². The van der Waals surface area contributed by atoms with Crippen molar-refractivity contribution in [1.82, 2.24) is 10.3 Å². The highest BCUT2D eigenvalue weighted by molar-refractivity contribution is 7.14. The van der Waals surface area contributed by atoms with E-state index >= 15 is 0 Å². The van der Waals surface area contributed by atoms with E-state index in [0.29, 0.717) is 27.2 Å². The molecule has 9 heteroatoms. The molecule has 0 saturated carbocycles. The highest BCUT2D eigenvalue weighted by Gasteiger charge is 2.14. The molecule has 0 unspecified atom stereocenters. The maximum atomic E-state index is 12.3. The van der Waals surface area contributed by atoms with Gasteiger partial charge in [-0.25, -0.2) is 4.98 Å². The monoisotopic (exact) mass is 445 g/mol. The molecule has 0 spiro atoms. The zero-order valence-electron chi connectivity index (χ0n) is 17.2. The Morgan fingerprint density at radius 3 is 2.57 bits per heavy atom. The Labute approximate surface area is 183 Å². The van der Waals surface area contributed by atoms with Gasteiger partial charge in [-0.3, -0.25) is 9.59 Å². The van der Waals surface area contributed by atoms with Gasteiger partial charge in [-0.15, -0.1) is 22.7 Å². The number of methoxy groups -OCH3 is 2. The van der Waals surface area contributed by atoms with Gasteiger partial charge < -0.3 is 20.1 Å². The zero-order chi connectivity index (χ0) is 21.7. The lowest BCUT2D eigenvalue weighted by Crippen LogP contribution is -2.32. The number of ether oxygens (including phenoxy) is 2. The Hall–Kier alpha value is -2.91. The number of nitrogens with zero attached hydrogens (tertiary/aromatic N) is 1. The molecule has 0 aliphatic rings. The van der Waals surface area contributed by atoms with Crippen LogP contribution < -0.4 is 20.1 Å². The van der Waals surface area contributed by atoms with E-state index in [9.17, 15) is 9.59 Å². The minimum atomic E-state index is -0.333. The summed E-state index contributed by atoms with van der Waals surface area (Å²) in [7, 11) is 3.15. The van der Waals surface area contributed by atoms with Crippen LogP contribution in [0.3, 0.4) is 0 Å². The lowest BCUT2D eigenvalue weighted by Gasteiger charge is -2.08. The third kappa shape index (κ3) is 4.98. The molecular weight excluding hydrogens is 422 g/mol. The summed E-state index contributed by atoms with van der Waals surface area (Å²) in [6.45, 7) is 3.91. The first kappa shape index (κ1) is 21.8. The van der Waals surface area contributed by atoms with Crippen LogP contribution in [0.4, 0.5) is 5.13 Å². The van der Waals surface area contributed by atoms with Gasteiger partial charge in [0.2, 0.25) is 5.91 Å². The van der Waals surface area contributed by atoms with Crippen LogP contribution in [0.15, 0.2) is 29.6 Å². The molecule has 0 atom stereocenters. The average molecular weight is 446 g/mol. The number of anilines is 1. The molecule has 3 aromatic rings. The minimum Gasteiger partial charge on any atom is -0.493 e. The molecule has 0 aliphatic carbocycles. The van der Waals surface area contributed by atoms with E-state index in [1.165, 1.54) is 27.6 Å². The SMILES string of the molecule is CCc1sc(C(=O)NCC(=O)Nc2nc(-c3ccc(OC)c(OC)c3)cs2)cc1C. The second-order valence-corrected chi connectivity index (χ2v) is 8.40. The number of thiazole rings is 1. The summed E-state index contributed by atoms with van der Waals surface area (Å²) in [6, 6.07) is 7.35. The molecule has 2 N–H and O–H groups in total. The van der Waals surface area contributed by atoms with E-state index in [4.69, 9.17) is 9.47 Å². The quantitative estimate of drug-likeness (QED) is 0.544. The van der Waals surface area contributed by atoms with Crippen molar-refractivity contribution in [3.05, 3.63) is 45.0 Å². The Morgan fingerprint density at radius 2 is 1.90 bits per heavy atom. The molecule has 7 nitrogen and oxygen atoms in total. The number of carbonyl (C=O) groups excluding carboxylic acids is 2. The number of thiophene rings is 1. The van der Waals surface area contributed by atoms with Crippen LogP contribution in [0.2, 0.25) is 0 Å². The Kier molecular flexibility index (Phi) is 7.07. The Morgan fingerprint density at radius 1 is 1.13 bits per heavy atom. The van der Waals surface area contributed by atoms with Crippen molar-refractivity contribution in [2.24, 2.45) is 0 Å². The number of hydrogen-bond acceptors (Lipinski definition) is 7. The van der Waals surface area contributed by atoms with Gasteiger partial charge in [-0.2, -0.15) is 0 Å². The first-order valence-electron chi connectivity index (χ1n) is 9.30. The van der Waals surface area contributed by atoms with Crippen LogP contribution in [0.25, 0.3) is 11.3 Å². The normalized spacial score (nSPS) is 10.5. The van der Waals surface area contributed by atoms with Gasteiger partial charge in [-0.1, -0.05) is 6.92 Å². The van der Waals surface area contributed by atoms with Crippen LogP contribution in [0.5, 0.6) is 11.5 Å². The van der Waals surface area contributed by atoms with E-state index in [1.807, 2.05) is 30.5 Å². The summed E-state index contributed by atoms with van der Waals surface area (Å²) < 4.78 is 10.6.